The van der Waals surface area contributed by atoms with Crippen molar-refractivity contribution in [1.82, 2.24) is 30.0 Å². The van der Waals surface area contributed by atoms with E-state index in [1.165, 1.54) is 23.6 Å². The average molecular weight is 546 g/mol. The Labute approximate surface area is 235 Å². The molecular formula is C30H39N7O3. The summed E-state index contributed by atoms with van der Waals surface area (Å²) in [5, 5.41) is 8.50. The summed E-state index contributed by atoms with van der Waals surface area (Å²) in [7, 11) is 4.22. The van der Waals surface area contributed by atoms with Gasteiger partial charge in [0.05, 0.1) is 23.4 Å². The number of amides is 1. The number of likely N-dealkylation sites (N-methyl/N-ethyl adjacent to an activating group) is 2. The number of benzene rings is 1. The first kappa shape index (κ1) is 26.6. The molecule has 3 aliphatic heterocycles. The predicted octanol–water partition coefficient (Wildman–Crippen LogP) is 3.98. The minimum atomic E-state index is -0.152. The van der Waals surface area contributed by atoms with Crippen LogP contribution in [0.5, 0.6) is 11.8 Å². The molecule has 2 saturated heterocycles. The molecule has 40 heavy (non-hydrogen) atoms. The molecule has 1 unspecified atom stereocenters. The van der Waals surface area contributed by atoms with Crippen molar-refractivity contribution in [3.8, 4) is 11.8 Å². The van der Waals surface area contributed by atoms with Crippen LogP contribution in [0, 0.1) is 6.92 Å². The van der Waals surface area contributed by atoms with Gasteiger partial charge >= 0.3 is 6.01 Å². The van der Waals surface area contributed by atoms with E-state index in [4.69, 9.17) is 19.4 Å². The Morgan fingerprint density at radius 3 is 2.73 bits per heavy atom. The van der Waals surface area contributed by atoms with Gasteiger partial charge < -0.3 is 24.2 Å². The molecule has 0 spiro atoms. The lowest BCUT2D eigenvalue weighted by Crippen LogP contribution is -2.42. The SMILES string of the molecule is C=CC(=O)N1CCC(c2nc(OC[C@@H]3CCCN3C)nc3c2O[C@H](C)C(c2c(C)ccc4[nH]ncc24)N3C)CC1. The second kappa shape index (κ2) is 10.7. The number of fused-ring (bicyclic) bond motifs is 2. The Morgan fingerprint density at radius 2 is 2.00 bits per heavy atom. The van der Waals surface area contributed by atoms with Crippen LogP contribution in [0.3, 0.4) is 0 Å². The Bertz CT molecular complexity index is 1410. The van der Waals surface area contributed by atoms with Crippen molar-refractivity contribution in [3.05, 3.63) is 47.8 Å². The van der Waals surface area contributed by atoms with Crippen LogP contribution in [0.25, 0.3) is 10.9 Å². The van der Waals surface area contributed by atoms with E-state index in [1.54, 1.807) is 0 Å². The van der Waals surface area contributed by atoms with Crippen LogP contribution in [0.15, 0.2) is 31.0 Å². The normalized spacial score (nSPS) is 23.8. The molecule has 2 fully saturated rings. The highest BCUT2D eigenvalue weighted by atomic mass is 16.5. The molecule has 0 radical (unpaired) electrons. The van der Waals surface area contributed by atoms with Crippen molar-refractivity contribution in [3.63, 3.8) is 0 Å². The lowest BCUT2D eigenvalue weighted by Gasteiger charge is -2.42. The molecule has 0 aliphatic carbocycles. The molecule has 10 heteroatoms. The van der Waals surface area contributed by atoms with Crippen molar-refractivity contribution >= 4 is 22.6 Å². The summed E-state index contributed by atoms with van der Waals surface area (Å²) in [6, 6.07) is 4.87. The number of carbonyl (C=O) groups is 1. The fourth-order valence-electron chi connectivity index (χ4n) is 6.66. The first-order valence-corrected chi connectivity index (χ1v) is 14.3. The number of hydrogen-bond acceptors (Lipinski definition) is 8. The molecule has 1 amide bonds. The number of piperidine rings is 1. The maximum absolute atomic E-state index is 12.2. The third kappa shape index (κ3) is 4.68. The van der Waals surface area contributed by atoms with E-state index in [0.29, 0.717) is 31.7 Å². The van der Waals surface area contributed by atoms with E-state index in [1.807, 2.05) is 11.1 Å². The van der Waals surface area contributed by atoms with Crippen molar-refractivity contribution in [2.45, 2.75) is 63.6 Å². The van der Waals surface area contributed by atoms with Gasteiger partial charge in [-0.1, -0.05) is 12.6 Å². The zero-order chi connectivity index (χ0) is 28.0. The summed E-state index contributed by atoms with van der Waals surface area (Å²) in [4.78, 5) is 28.5. The topological polar surface area (TPSA) is 99.7 Å². The summed E-state index contributed by atoms with van der Waals surface area (Å²) < 4.78 is 13.0. The van der Waals surface area contributed by atoms with E-state index < -0.39 is 0 Å². The maximum atomic E-state index is 12.2. The van der Waals surface area contributed by atoms with Gasteiger partial charge in [-0.3, -0.25) is 9.89 Å². The molecule has 1 N–H and O–H groups in total. The number of anilines is 1. The zero-order valence-corrected chi connectivity index (χ0v) is 23.9. The number of aromatic amines is 1. The fraction of sp³-hybridized carbons (Fsp3) is 0.533. The number of hydrogen-bond donors (Lipinski definition) is 1. The quantitative estimate of drug-likeness (QED) is 0.465. The summed E-state index contributed by atoms with van der Waals surface area (Å²) >= 11 is 0. The number of H-pyrrole nitrogens is 1. The van der Waals surface area contributed by atoms with Crippen molar-refractivity contribution in [2.75, 3.05) is 45.2 Å². The average Bonchev–Trinajstić information content (AvgIpc) is 3.61. The number of ether oxygens (including phenoxy) is 2. The number of nitrogens with zero attached hydrogens (tertiary/aromatic N) is 6. The summed E-state index contributed by atoms with van der Waals surface area (Å²) in [6.07, 6.45) is 7.02. The number of carbonyl (C=O) groups excluding carboxylic acids is 1. The van der Waals surface area contributed by atoms with Crippen LogP contribution in [0.1, 0.15) is 61.4 Å². The summed E-state index contributed by atoms with van der Waals surface area (Å²) in [5.74, 6) is 1.58. The molecule has 6 rings (SSSR count). The van der Waals surface area contributed by atoms with E-state index in [-0.39, 0.29) is 24.0 Å². The van der Waals surface area contributed by atoms with Gasteiger partial charge in [-0.05, 0) is 76.4 Å². The second-order valence-corrected chi connectivity index (χ2v) is 11.4. The zero-order valence-electron chi connectivity index (χ0n) is 23.9. The summed E-state index contributed by atoms with van der Waals surface area (Å²) in [6.45, 7) is 10.8. The molecule has 2 aromatic heterocycles. The van der Waals surface area contributed by atoms with Crippen LogP contribution in [-0.4, -0.2) is 88.4 Å². The number of likely N-dealkylation sites (tertiary alicyclic amines) is 2. The molecule has 3 aromatic rings. The maximum Gasteiger partial charge on any atom is 0.318 e. The monoisotopic (exact) mass is 545 g/mol. The van der Waals surface area contributed by atoms with Crippen molar-refractivity contribution < 1.29 is 14.3 Å². The van der Waals surface area contributed by atoms with Gasteiger partial charge in [-0.25, -0.2) is 0 Å². The highest BCUT2D eigenvalue weighted by molar-refractivity contribution is 5.87. The van der Waals surface area contributed by atoms with Gasteiger partial charge in [0.1, 0.15) is 12.7 Å². The molecule has 3 aliphatic rings. The third-order valence-electron chi connectivity index (χ3n) is 8.98. The van der Waals surface area contributed by atoms with Gasteiger partial charge in [0.2, 0.25) is 5.91 Å². The molecule has 3 atom stereocenters. The smallest absolute Gasteiger partial charge is 0.318 e. The van der Waals surface area contributed by atoms with E-state index >= 15 is 0 Å². The lowest BCUT2D eigenvalue weighted by atomic mass is 9.90. The van der Waals surface area contributed by atoms with E-state index in [9.17, 15) is 4.79 Å². The Hall–Kier alpha value is -3.66. The molecule has 0 saturated carbocycles. The van der Waals surface area contributed by atoms with Crippen molar-refractivity contribution in [1.29, 1.82) is 0 Å². The van der Waals surface area contributed by atoms with Crippen molar-refractivity contribution in [2.24, 2.45) is 0 Å². The minimum Gasteiger partial charge on any atom is -0.482 e. The van der Waals surface area contributed by atoms with Gasteiger partial charge in [-0.15, -0.1) is 0 Å². The minimum absolute atomic E-state index is 0.0240. The summed E-state index contributed by atoms with van der Waals surface area (Å²) in [5.41, 5.74) is 4.24. The second-order valence-electron chi connectivity index (χ2n) is 11.4. The Balaban J connectivity index is 1.37. The molecule has 212 valence electrons. The number of nitrogens with one attached hydrogen (secondary N) is 1. The fourth-order valence-corrected chi connectivity index (χ4v) is 6.66. The first-order valence-electron chi connectivity index (χ1n) is 14.3. The van der Waals surface area contributed by atoms with Gasteiger partial charge in [0.15, 0.2) is 11.6 Å². The van der Waals surface area contributed by atoms with E-state index in [0.717, 1.165) is 54.0 Å². The molecule has 0 bridgehead atoms. The van der Waals surface area contributed by atoms with E-state index in [2.05, 4.69) is 66.7 Å². The highest BCUT2D eigenvalue weighted by Crippen LogP contribution is 2.47. The Kier molecular flexibility index (Phi) is 7.12. The Morgan fingerprint density at radius 1 is 1.20 bits per heavy atom. The molecule has 5 heterocycles. The molecular weight excluding hydrogens is 506 g/mol. The third-order valence-corrected chi connectivity index (χ3v) is 8.98. The van der Waals surface area contributed by atoms with Crippen LogP contribution in [0.4, 0.5) is 5.82 Å². The van der Waals surface area contributed by atoms with Gasteiger partial charge in [0.25, 0.3) is 0 Å². The van der Waals surface area contributed by atoms with Gasteiger partial charge in [-0.2, -0.15) is 15.1 Å². The van der Waals surface area contributed by atoms with Gasteiger partial charge in [0, 0.05) is 37.5 Å². The largest absolute Gasteiger partial charge is 0.482 e. The van der Waals surface area contributed by atoms with Crippen LogP contribution < -0.4 is 14.4 Å². The highest BCUT2D eigenvalue weighted by Gasteiger charge is 2.40. The standard InChI is InChI=1S/C30H39N7O3/c1-6-24(38)37-14-11-20(12-15-37)26-28-29(33-30(32-26)39-17-21-8-7-13-35(21)4)36(5)27(19(3)40-28)25-18(2)9-10-23-22(25)16-31-34-23/h6,9-10,16,19-21,27H,1,7-8,11-15,17H2,2-5H3,(H,31,34)/t19-,21+,27?/m1/s1. The molecule has 10 nitrogen and oxygen atoms in total. The predicted molar refractivity (Wildman–Crippen MR) is 154 cm³/mol. The first-order chi connectivity index (χ1) is 19.4. The number of rotatable bonds is 6. The van der Waals surface area contributed by atoms with Crippen LogP contribution in [-0.2, 0) is 4.79 Å². The van der Waals surface area contributed by atoms with Crippen LogP contribution >= 0.6 is 0 Å². The number of aromatic nitrogens is 4. The van der Waals surface area contributed by atoms with Crippen LogP contribution in [0.2, 0.25) is 0 Å². The molecule has 1 aromatic carbocycles. The number of aryl methyl sites for hydroxylation is 1. The lowest BCUT2D eigenvalue weighted by molar-refractivity contribution is -0.127.